The molecule has 3 fully saturated rings. The van der Waals surface area contributed by atoms with E-state index in [1.807, 2.05) is 19.1 Å². The first-order valence-electron chi connectivity index (χ1n) is 14.7. The van der Waals surface area contributed by atoms with Crippen LogP contribution < -0.4 is 0 Å². The molecular weight excluding hydrogens is 474 g/mol. The van der Waals surface area contributed by atoms with E-state index in [1.54, 1.807) is 0 Å². The third kappa shape index (κ3) is 3.57. The van der Waals surface area contributed by atoms with Crippen LogP contribution in [0.15, 0.2) is 23.3 Å². The maximum absolute atomic E-state index is 14.4. The summed E-state index contributed by atoms with van der Waals surface area (Å²) in [7, 11) is 1.46. The van der Waals surface area contributed by atoms with Crippen LogP contribution in [0.25, 0.3) is 0 Å². The molecule has 0 aromatic rings. The summed E-state index contributed by atoms with van der Waals surface area (Å²) < 4.78 is 5.02. The Bertz CT molecular complexity index is 1190. The van der Waals surface area contributed by atoms with Crippen LogP contribution in [0.5, 0.6) is 0 Å². The second-order valence-electron chi connectivity index (χ2n) is 14.9. The van der Waals surface area contributed by atoms with E-state index in [4.69, 9.17) is 4.74 Å². The summed E-state index contributed by atoms with van der Waals surface area (Å²) >= 11 is 0. The summed E-state index contributed by atoms with van der Waals surface area (Å²) in [4.78, 5) is 39.6. The van der Waals surface area contributed by atoms with Crippen LogP contribution in [0.4, 0.5) is 0 Å². The van der Waals surface area contributed by atoms with Gasteiger partial charge in [0.1, 0.15) is 6.07 Å². The fraction of sp³-hybridized carbons (Fsp3) is 0.758. The van der Waals surface area contributed by atoms with Gasteiger partial charge in [0.2, 0.25) is 0 Å². The van der Waals surface area contributed by atoms with E-state index in [0.717, 1.165) is 56.9 Å². The van der Waals surface area contributed by atoms with E-state index in [1.165, 1.54) is 7.11 Å². The Kier molecular flexibility index (Phi) is 6.22. The molecule has 5 heteroatoms. The highest BCUT2D eigenvalue weighted by molar-refractivity contribution is 6.02. The lowest BCUT2D eigenvalue weighted by atomic mass is 9.34. The Morgan fingerprint density at radius 1 is 1.05 bits per heavy atom. The topological polar surface area (TPSA) is 84.2 Å². The van der Waals surface area contributed by atoms with Crippen molar-refractivity contribution >= 4 is 17.5 Å². The summed E-state index contributed by atoms with van der Waals surface area (Å²) in [5.41, 5.74) is 0.683. The number of allylic oxidation sites excluding steroid dienone is 4. The minimum Gasteiger partial charge on any atom is -0.469 e. The molecular formula is C33H45NO4. The molecule has 5 rings (SSSR count). The molecule has 5 aliphatic rings. The summed E-state index contributed by atoms with van der Waals surface area (Å²) in [5.74, 6) is 0.0560. The Labute approximate surface area is 228 Å². The van der Waals surface area contributed by atoms with Gasteiger partial charge < -0.3 is 4.74 Å². The van der Waals surface area contributed by atoms with Gasteiger partial charge in [-0.25, -0.2) is 0 Å². The van der Waals surface area contributed by atoms with Gasteiger partial charge in [-0.05, 0) is 90.9 Å². The van der Waals surface area contributed by atoms with E-state index in [0.29, 0.717) is 6.42 Å². The number of Topliss-reactive ketones (excluding diaryl/α,β-unsaturated/α-hetero) is 1. The molecule has 8 atom stereocenters. The average Bonchev–Trinajstić information content (AvgIpc) is 2.86. The number of carbonyl (C=O) groups is 3. The molecule has 0 radical (unpaired) electrons. The highest BCUT2D eigenvalue weighted by Gasteiger charge is 2.68. The summed E-state index contributed by atoms with van der Waals surface area (Å²) in [5, 5.41) is 9.79. The number of carbonyl (C=O) groups excluding carboxylic acids is 3. The van der Waals surface area contributed by atoms with E-state index in [9.17, 15) is 19.6 Å². The van der Waals surface area contributed by atoms with Crippen LogP contribution >= 0.6 is 0 Å². The SMILES string of the molecule is COC(=O)CCC12CCC(C)(C)CC1C1C(=O)C=C3C4(C)C=C(C#N)C(=O)C(C)C4CCC3(C)C1(C)CC2. The molecule has 206 valence electrons. The predicted molar refractivity (Wildman–Crippen MR) is 146 cm³/mol. The fourth-order valence-corrected chi connectivity index (χ4v) is 10.2. The Hall–Kier alpha value is -2.22. The van der Waals surface area contributed by atoms with Crippen LogP contribution in [0, 0.1) is 62.1 Å². The van der Waals surface area contributed by atoms with Crippen molar-refractivity contribution in [3.63, 3.8) is 0 Å². The first kappa shape index (κ1) is 27.4. The Balaban J connectivity index is 1.63. The third-order valence-electron chi connectivity index (χ3n) is 12.7. The lowest BCUT2D eigenvalue weighted by Crippen LogP contribution is -2.64. The summed E-state index contributed by atoms with van der Waals surface area (Å²) in [6.45, 7) is 13.5. The van der Waals surface area contributed by atoms with Crippen molar-refractivity contribution in [1.29, 1.82) is 5.26 Å². The second kappa shape index (κ2) is 8.64. The van der Waals surface area contributed by atoms with Gasteiger partial charge in [-0.2, -0.15) is 5.26 Å². The number of fused-ring (bicyclic) bond motifs is 7. The molecule has 0 saturated heterocycles. The van der Waals surface area contributed by atoms with Gasteiger partial charge >= 0.3 is 5.97 Å². The molecule has 5 aliphatic carbocycles. The van der Waals surface area contributed by atoms with E-state index in [-0.39, 0.29) is 68.4 Å². The third-order valence-corrected chi connectivity index (χ3v) is 12.7. The number of ether oxygens (including phenoxy) is 1. The molecule has 0 bridgehead atoms. The van der Waals surface area contributed by atoms with Gasteiger partial charge in [-0.3, -0.25) is 14.4 Å². The molecule has 0 aliphatic heterocycles. The van der Waals surface area contributed by atoms with Gasteiger partial charge in [-0.15, -0.1) is 0 Å². The van der Waals surface area contributed by atoms with Crippen molar-refractivity contribution in [1.82, 2.24) is 0 Å². The molecule has 0 aromatic heterocycles. The highest BCUT2D eigenvalue weighted by atomic mass is 16.5. The summed E-state index contributed by atoms with van der Waals surface area (Å²) in [6.07, 6.45) is 12.1. The molecule has 8 unspecified atom stereocenters. The number of esters is 1. The smallest absolute Gasteiger partial charge is 0.305 e. The zero-order chi connectivity index (χ0) is 27.9. The van der Waals surface area contributed by atoms with Gasteiger partial charge in [0, 0.05) is 23.7 Å². The number of rotatable bonds is 3. The maximum Gasteiger partial charge on any atom is 0.305 e. The minimum absolute atomic E-state index is 0.00793. The zero-order valence-corrected chi connectivity index (χ0v) is 24.4. The number of nitrogens with zero attached hydrogens (tertiary/aromatic N) is 1. The fourth-order valence-electron chi connectivity index (χ4n) is 10.2. The van der Waals surface area contributed by atoms with Gasteiger partial charge in [0.25, 0.3) is 0 Å². The Morgan fingerprint density at radius 3 is 2.39 bits per heavy atom. The van der Waals surface area contributed by atoms with Crippen LogP contribution in [0.3, 0.4) is 0 Å². The summed E-state index contributed by atoms with van der Waals surface area (Å²) in [6, 6.07) is 2.17. The van der Waals surface area contributed by atoms with E-state index in [2.05, 4.69) is 40.7 Å². The predicted octanol–water partition coefficient (Wildman–Crippen LogP) is 6.77. The number of ketones is 2. The van der Waals surface area contributed by atoms with Crippen molar-refractivity contribution in [3.05, 3.63) is 23.3 Å². The van der Waals surface area contributed by atoms with Crippen LogP contribution in [0.2, 0.25) is 0 Å². The number of hydrogen-bond acceptors (Lipinski definition) is 5. The standard InChI is InChI=1S/C33H45NO4/c1-20-22-8-10-31(5)25(30(22,4)17-21(19-34)28(20)37)16-24(35)27-23-18-29(2,3)12-14-33(23,11-9-26(36)38-7)15-13-32(27,31)6/h16-17,20,22-23,27H,8-15,18H2,1-7H3. The Morgan fingerprint density at radius 2 is 1.74 bits per heavy atom. The highest BCUT2D eigenvalue weighted by Crippen LogP contribution is 2.74. The van der Waals surface area contributed by atoms with Gasteiger partial charge in [0.05, 0.1) is 12.7 Å². The second-order valence-corrected chi connectivity index (χ2v) is 14.9. The number of methoxy groups -OCH3 is 1. The molecule has 5 nitrogen and oxygen atoms in total. The molecule has 0 aromatic carbocycles. The largest absolute Gasteiger partial charge is 0.469 e. The number of hydrogen-bond donors (Lipinski definition) is 0. The molecule has 0 N–H and O–H groups in total. The van der Waals surface area contributed by atoms with Crippen molar-refractivity contribution in [2.45, 2.75) is 99.3 Å². The van der Waals surface area contributed by atoms with Crippen LogP contribution in [-0.4, -0.2) is 24.6 Å². The zero-order valence-electron chi connectivity index (χ0n) is 24.4. The maximum atomic E-state index is 14.4. The first-order chi connectivity index (χ1) is 17.7. The normalized spacial score (nSPS) is 45.3. The van der Waals surface area contributed by atoms with Crippen molar-refractivity contribution in [2.24, 2.45) is 50.7 Å². The average molecular weight is 520 g/mol. The lowest BCUT2D eigenvalue weighted by Gasteiger charge is -2.69. The van der Waals surface area contributed by atoms with Crippen molar-refractivity contribution < 1.29 is 19.1 Å². The molecule has 38 heavy (non-hydrogen) atoms. The van der Waals surface area contributed by atoms with Gasteiger partial charge in [0.15, 0.2) is 11.6 Å². The number of nitriles is 1. The minimum atomic E-state index is -0.472. The van der Waals surface area contributed by atoms with E-state index < -0.39 is 5.41 Å². The monoisotopic (exact) mass is 519 g/mol. The van der Waals surface area contributed by atoms with Crippen LogP contribution in [-0.2, 0) is 19.1 Å². The van der Waals surface area contributed by atoms with Crippen molar-refractivity contribution in [2.75, 3.05) is 7.11 Å². The first-order valence-corrected chi connectivity index (χ1v) is 14.7. The van der Waals surface area contributed by atoms with E-state index >= 15 is 0 Å². The van der Waals surface area contributed by atoms with Gasteiger partial charge in [-0.1, -0.05) is 53.2 Å². The molecule has 0 amide bonds. The van der Waals surface area contributed by atoms with Crippen molar-refractivity contribution in [3.8, 4) is 6.07 Å². The lowest BCUT2D eigenvalue weighted by molar-refractivity contribution is -0.172. The molecule has 0 heterocycles. The molecule has 3 saturated carbocycles. The van der Waals surface area contributed by atoms with Crippen LogP contribution in [0.1, 0.15) is 99.3 Å². The quantitative estimate of drug-likeness (QED) is 0.384. The molecule has 0 spiro atoms.